The SMILES string of the molecule is CCC1(C)CN(Cc2ccccc2NS(=O)(=O)C(F)(F)F)C(=O)O1. The fourth-order valence-electron chi connectivity index (χ4n) is 2.25. The lowest BCUT2D eigenvalue weighted by molar-refractivity contribution is -0.0429. The second-order valence-electron chi connectivity index (χ2n) is 5.74. The lowest BCUT2D eigenvalue weighted by Crippen LogP contribution is -2.32. The summed E-state index contributed by atoms with van der Waals surface area (Å²) in [4.78, 5) is 13.2. The number of cyclic esters (lactones) is 1. The molecule has 0 bridgehead atoms. The van der Waals surface area contributed by atoms with Crippen LogP contribution in [0.5, 0.6) is 0 Å². The molecule has 24 heavy (non-hydrogen) atoms. The smallest absolute Gasteiger partial charge is 0.441 e. The average Bonchev–Trinajstić information content (AvgIpc) is 2.75. The van der Waals surface area contributed by atoms with Crippen LogP contribution in [-0.4, -0.2) is 37.1 Å². The Balaban J connectivity index is 2.23. The van der Waals surface area contributed by atoms with Crippen molar-refractivity contribution >= 4 is 21.8 Å². The molecule has 1 heterocycles. The summed E-state index contributed by atoms with van der Waals surface area (Å²) in [5, 5.41) is 0. The molecule has 0 aliphatic carbocycles. The molecule has 1 fully saturated rings. The van der Waals surface area contributed by atoms with Crippen molar-refractivity contribution in [2.24, 2.45) is 0 Å². The van der Waals surface area contributed by atoms with Gasteiger partial charge in [0.25, 0.3) is 0 Å². The van der Waals surface area contributed by atoms with E-state index in [-0.39, 0.29) is 24.3 Å². The lowest BCUT2D eigenvalue weighted by Gasteiger charge is -2.20. The van der Waals surface area contributed by atoms with Gasteiger partial charge in [0, 0.05) is 0 Å². The first-order valence-electron chi connectivity index (χ1n) is 7.12. The number of amides is 1. The molecule has 1 unspecified atom stereocenters. The maximum absolute atomic E-state index is 12.5. The first-order valence-corrected chi connectivity index (χ1v) is 8.61. The Hall–Kier alpha value is -1.97. The molecule has 1 saturated heterocycles. The van der Waals surface area contributed by atoms with E-state index >= 15 is 0 Å². The topological polar surface area (TPSA) is 75.7 Å². The van der Waals surface area contributed by atoms with E-state index in [2.05, 4.69) is 0 Å². The van der Waals surface area contributed by atoms with Crippen LogP contribution < -0.4 is 4.72 Å². The van der Waals surface area contributed by atoms with Crippen molar-refractivity contribution < 1.29 is 31.1 Å². The van der Waals surface area contributed by atoms with E-state index in [1.807, 2.05) is 6.92 Å². The molecule has 1 aromatic carbocycles. The Morgan fingerprint density at radius 3 is 2.50 bits per heavy atom. The van der Waals surface area contributed by atoms with Gasteiger partial charge in [-0.3, -0.25) is 9.62 Å². The van der Waals surface area contributed by atoms with Crippen LogP contribution in [0, 0.1) is 0 Å². The summed E-state index contributed by atoms with van der Waals surface area (Å²) in [5.41, 5.74) is -6.08. The molecule has 0 spiro atoms. The predicted molar refractivity (Wildman–Crippen MR) is 80.6 cm³/mol. The van der Waals surface area contributed by atoms with Crippen LogP contribution in [0.25, 0.3) is 0 Å². The van der Waals surface area contributed by atoms with Crippen LogP contribution in [0.3, 0.4) is 0 Å². The summed E-state index contributed by atoms with van der Waals surface area (Å²) >= 11 is 0. The number of alkyl halides is 3. The van der Waals surface area contributed by atoms with E-state index in [1.165, 1.54) is 27.8 Å². The summed E-state index contributed by atoms with van der Waals surface area (Å²) < 4.78 is 66.9. The van der Waals surface area contributed by atoms with Crippen LogP contribution >= 0.6 is 0 Å². The number of halogens is 3. The number of benzene rings is 1. The third-order valence-corrected chi connectivity index (χ3v) is 4.89. The van der Waals surface area contributed by atoms with Gasteiger partial charge >= 0.3 is 21.6 Å². The first kappa shape index (κ1) is 18.4. The molecular formula is C14H17F3N2O4S. The van der Waals surface area contributed by atoms with Gasteiger partial charge in [-0.15, -0.1) is 0 Å². The Bertz CT molecular complexity index is 736. The molecule has 1 aliphatic rings. The summed E-state index contributed by atoms with van der Waals surface area (Å²) in [5.74, 6) is 0. The molecule has 2 rings (SSSR count). The van der Waals surface area contributed by atoms with Crippen molar-refractivity contribution in [1.29, 1.82) is 0 Å². The van der Waals surface area contributed by atoms with Gasteiger partial charge in [0.2, 0.25) is 0 Å². The van der Waals surface area contributed by atoms with Crippen LogP contribution in [0.2, 0.25) is 0 Å². The fourth-order valence-corrected chi connectivity index (χ4v) is 2.85. The monoisotopic (exact) mass is 366 g/mol. The summed E-state index contributed by atoms with van der Waals surface area (Å²) in [6, 6.07) is 5.60. The summed E-state index contributed by atoms with van der Waals surface area (Å²) in [6.45, 7) is 3.80. The maximum atomic E-state index is 12.5. The molecule has 0 radical (unpaired) electrons. The predicted octanol–water partition coefficient (Wildman–Crippen LogP) is 3.07. The highest BCUT2D eigenvalue weighted by Crippen LogP contribution is 2.30. The quantitative estimate of drug-likeness (QED) is 0.869. The zero-order valence-electron chi connectivity index (χ0n) is 13.1. The summed E-state index contributed by atoms with van der Waals surface area (Å²) in [7, 11) is -5.53. The Kier molecular flexibility index (Phi) is 4.71. The molecule has 6 nitrogen and oxygen atoms in total. The van der Waals surface area contributed by atoms with E-state index in [4.69, 9.17) is 4.74 Å². The maximum Gasteiger partial charge on any atom is 0.516 e. The highest BCUT2D eigenvalue weighted by molar-refractivity contribution is 7.93. The first-order chi connectivity index (χ1) is 11.0. The number of carbonyl (C=O) groups is 1. The number of nitrogens with zero attached hydrogens (tertiary/aromatic N) is 1. The number of rotatable bonds is 5. The van der Waals surface area contributed by atoms with Crippen molar-refractivity contribution in [2.75, 3.05) is 11.3 Å². The zero-order valence-corrected chi connectivity index (χ0v) is 13.9. The number of nitrogens with one attached hydrogen (secondary N) is 1. The molecular weight excluding hydrogens is 349 g/mol. The highest BCUT2D eigenvalue weighted by Gasteiger charge is 2.46. The fraction of sp³-hybridized carbons (Fsp3) is 0.500. The van der Waals surface area contributed by atoms with Gasteiger partial charge < -0.3 is 4.74 Å². The van der Waals surface area contributed by atoms with Gasteiger partial charge in [0.1, 0.15) is 5.60 Å². The van der Waals surface area contributed by atoms with Crippen molar-refractivity contribution in [1.82, 2.24) is 4.90 Å². The molecule has 1 amide bonds. The lowest BCUT2D eigenvalue weighted by atomic mass is 10.0. The summed E-state index contributed by atoms with van der Waals surface area (Å²) in [6.07, 6.45) is -0.00903. The van der Waals surface area contributed by atoms with Gasteiger partial charge in [0.05, 0.1) is 18.8 Å². The zero-order chi connectivity index (χ0) is 18.2. The van der Waals surface area contributed by atoms with E-state index in [0.717, 1.165) is 0 Å². The number of carbonyl (C=O) groups excluding carboxylic acids is 1. The number of para-hydroxylation sites is 1. The van der Waals surface area contributed by atoms with Gasteiger partial charge in [-0.2, -0.15) is 21.6 Å². The van der Waals surface area contributed by atoms with Crippen LogP contribution in [0.15, 0.2) is 24.3 Å². The molecule has 134 valence electrons. The van der Waals surface area contributed by atoms with Gasteiger partial charge in [-0.05, 0) is 25.0 Å². The third-order valence-electron chi connectivity index (χ3n) is 3.79. The standard InChI is InChI=1S/C14H17F3N2O4S/c1-3-13(2)9-19(12(20)23-13)8-10-6-4-5-7-11(10)18-24(21,22)14(15,16)17/h4-7,18H,3,8-9H2,1-2H3. The van der Waals surface area contributed by atoms with E-state index in [9.17, 15) is 26.4 Å². The molecule has 0 aromatic heterocycles. The van der Waals surface area contributed by atoms with Crippen molar-refractivity contribution in [3.05, 3.63) is 29.8 Å². The molecule has 1 N–H and O–H groups in total. The van der Waals surface area contributed by atoms with E-state index in [0.29, 0.717) is 6.42 Å². The number of sulfonamides is 1. The van der Waals surface area contributed by atoms with Crippen molar-refractivity contribution in [3.63, 3.8) is 0 Å². The minimum Gasteiger partial charge on any atom is -0.441 e. The molecule has 1 aromatic rings. The van der Waals surface area contributed by atoms with E-state index in [1.54, 1.807) is 13.0 Å². The molecule has 0 saturated carbocycles. The molecule has 1 aliphatic heterocycles. The average molecular weight is 366 g/mol. The number of hydrogen-bond donors (Lipinski definition) is 1. The highest BCUT2D eigenvalue weighted by atomic mass is 32.2. The van der Waals surface area contributed by atoms with Gasteiger partial charge in [-0.1, -0.05) is 25.1 Å². The van der Waals surface area contributed by atoms with Crippen LogP contribution in [0.1, 0.15) is 25.8 Å². The van der Waals surface area contributed by atoms with Gasteiger partial charge in [0.15, 0.2) is 0 Å². The van der Waals surface area contributed by atoms with Crippen molar-refractivity contribution in [2.45, 2.75) is 37.9 Å². The van der Waals surface area contributed by atoms with Gasteiger partial charge in [-0.25, -0.2) is 4.79 Å². The second kappa shape index (κ2) is 6.15. The van der Waals surface area contributed by atoms with Crippen LogP contribution in [-0.2, 0) is 21.3 Å². The van der Waals surface area contributed by atoms with Crippen LogP contribution in [0.4, 0.5) is 23.7 Å². The van der Waals surface area contributed by atoms with Crippen molar-refractivity contribution in [3.8, 4) is 0 Å². The minimum atomic E-state index is -5.53. The number of ether oxygens (including phenoxy) is 1. The molecule has 1 atom stereocenters. The minimum absolute atomic E-state index is 0.0645. The number of anilines is 1. The Morgan fingerprint density at radius 1 is 1.33 bits per heavy atom. The Labute approximate surface area is 137 Å². The largest absolute Gasteiger partial charge is 0.516 e. The molecule has 10 heteroatoms. The van der Waals surface area contributed by atoms with E-state index < -0.39 is 27.2 Å². The third kappa shape index (κ3) is 3.74. The second-order valence-corrected chi connectivity index (χ2v) is 7.41. The normalized spacial score (nSPS) is 21.7. The number of hydrogen-bond acceptors (Lipinski definition) is 4. The Morgan fingerprint density at radius 2 is 1.96 bits per heavy atom.